The minimum Gasteiger partial charge on any atom is -0.394 e. The van der Waals surface area contributed by atoms with E-state index in [0.29, 0.717) is 0 Å². The molecule has 2 N–H and O–H groups in total. The van der Waals surface area contributed by atoms with Crippen molar-refractivity contribution >= 4 is 7.82 Å². The zero-order valence-corrected chi connectivity index (χ0v) is 14.0. The Balaban J connectivity index is 1.98. The van der Waals surface area contributed by atoms with E-state index in [-0.39, 0.29) is 19.8 Å². The highest BCUT2D eigenvalue weighted by Crippen LogP contribution is 2.51. The van der Waals surface area contributed by atoms with E-state index in [1.54, 1.807) is 0 Å². The van der Waals surface area contributed by atoms with Gasteiger partial charge >= 0.3 is 7.82 Å². The maximum Gasteiger partial charge on any atom is 0.475 e. The van der Waals surface area contributed by atoms with Crippen LogP contribution in [0.2, 0.25) is 0 Å². The standard InChI is InChI=1S/C17H21O6P/c18-11-17(19)14-23-24(20,21-12-15-7-3-1-4-8-15)22-13-16-9-5-2-6-10-16/h1-10,17-19H,11-14H2/t17-/m0/s1. The highest BCUT2D eigenvalue weighted by molar-refractivity contribution is 7.48. The second kappa shape index (κ2) is 9.69. The fraction of sp³-hybridized carbons (Fsp3) is 0.294. The van der Waals surface area contributed by atoms with E-state index in [0.717, 1.165) is 11.1 Å². The molecule has 1 atom stereocenters. The molecule has 6 nitrogen and oxygen atoms in total. The molecule has 0 radical (unpaired) electrons. The zero-order chi connectivity index (χ0) is 17.3. The average Bonchev–Trinajstić information content (AvgIpc) is 2.65. The van der Waals surface area contributed by atoms with Gasteiger partial charge in [-0.3, -0.25) is 13.6 Å². The third-order valence-corrected chi connectivity index (χ3v) is 4.46. The molecule has 0 fully saturated rings. The molecule has 0 aliphatic heterocycles. The summed E-state index contributed by atoms with van der Waals surface area (Å²) in [5.41, 5.74) is 1.62. The molecular formula is C17H21O6P. The lowest BCUT2D eigenvalue weighted by Gasteiger charge is -2.19. The van der Waals surface area contributed by atoms with Crippen molar-refractivity contribution in [2.75, 3.05) is 13.2 Å². The molecule has 24 heavy (non-hydrogen) atoms. The number of phosphoric acid groups is 1. The van der Waals surface area contributed by atoms with Gasteiger partial charge in [0.25, 0.3) is 0 Å². The molecule has 2 rings (SSSR count). The average molecular weight is 352 g/mol. The molecule has 2 aromatic rings. The third kappa shape index (κ3) is 6.53. The Morgan fingerprint density at radius 1 is 0.833 bits per heavy atom. The van der Waals surface area contributed by atoms with Gasteiger partial charge in [0.1, 0.15) is 6.10 Å². The molecule has 0 aliphatic carbocycles. The summed E-state index contributed by atoms with van der Waals surface area (Å²) in [4.78, 5) is 0. The van der Waals surface area contributed by atoms with Crippen molar-refractivity contribution < 1.29 is 28.3 Å². The van der Waals surface area contributed by atoms with Gasteiger partial charge in [0, 0.05) is 0 Å². The molecule has 0 saturated heterocycles. The normalized spacial score (nSPS) is 12.9. The lowest BCUT2D eigenvalue weighted by molar-refractivity contribution is 0.0264. The maximum absolute atomic E-state index is 12.7. The Bertz CT molecular complexity index is 587. The largest absolute Gasteiger partial charge is 0.475 e. The molecule has 0 bridgehead atoms. The first kappa shape index (κ1) is 18.8. The van der Waals surface area contributed by atoms with Gasteiger partial charge in [-0.1, -0.05) is 60.7 Å². The number of hydrogen-bond donors (Lipinski definition) is 2. The number of hydrogen-bond acceptors (Lipinski definition) is 6. The van der Waals surface area contributed by atoms with Crippen LogP contribution < -0.4 is 0 Å². The molecule has 0 unspecified atom stereocenters. The van der Waals surface area contributed by atoms with Crippen LogP contribution in [0.25, 0.3) is 0 Å². The molecule has 0 aromatic heterocycles. The second-order valence-electron chi connectivity index (χ2n) is 5.10. The fourth-order valence-electron chi connectivity index (χ4n) is 1.80. The molecule has 0 amide bonds. The number of rotatable bonds is 10. The summed E-state index contributed by atoms with van der Waals surface area (Å²) in [5, 5.41) is 18.2. The summed E-state index contributed by atoms with van der Waals surface area (Å²) >= 11 is 0. The zero-order valence-electron chi connectivity index (χ0n) is 13.2. The Hall–Kier alpha value is -1.53. The van der Waals surface area contributed by atoms with E-state index in [2.05, 4.69) is 0 Å². The Morgan fingerprint density at radius 2 is 1.29 bits per heavy atom. The Kier molecular flexibility index (Phi) is 7.59. The molecule has 7 heteroatoms. The van der Waals surface area contributed by atoms with Crippen molar-refractivity contribution in [1.29, 1.82) is 0 Å². The van der Waals surface area contributed by atoms with E-state index < -0.39 is 20.5 Å². The number of phosphoric ester groups is 1. The van der Waals surface area contributed by atoms with Crippen LogP contribution in [0, 0.1) is 0 Å². The van der Waals surface area contributed by atoms with E-state index in [1.807, 2.05) is 60.7 Å². The predicted molar refractivity (Wildman–Crippen MR) is 89.1 cm³/mol. The van der Waals surface area contributed by atoms with Crippen LogP contribution in [0.5, 0.6) is 0 Å². The van der Waals surface area contributed by atoms with Crippen molar-refractivity contribution in [2.45, 2.75) is 19.3 Å². The number of benzene rings is 2. The molecular weight excluding hydrogens is 331 g/mol. The maximum atomic E-state index is 12.7. The van der Waals surface area contributed by atoms with Crippen LogP contribution in [0.3, 0.4) is 0 Å². The smallest absolute Gasteiger partial charge is 0.394 e. The van der Waals surface area contributed by atoms with Crippen LogP contribution in [0.1, 0.15) is 11.1 Å². The first-order valence-electron chi connectivity index (χ1n) is 7.52. The molecule has 0 spiro atoms. The minimum absolute atomic E-state index is 0.0438. The van der Waals surface area contributed by atoms with Crippen LogP contribution in [0.4, 0.5) is 0 Å². The SMILES string of the molecule is O=P(OCc1ccccc1)(OCc1ccccc1)OC[C@@H](O)CO. The van der Waals surface area contributed by atoms with Crippen LogP contribution in [0.15, 0.2) is 60.7 Å². The van der Waals surface area contributed by atoms with Gasteiger partial charge in [-0.15, -0.1) is 0 Å². The van der Waals surface area contributed by atoms with Crippen molar-refractivity contribution in [3.05, 3.63) is 71.8 Å². The summed E-state index contributed by atoms with van der Waals surface area (Å²) in [5.74, 6) is 0. The van der Waals surface area contributed by atoms with Crippen molar-refractivity contribution in [2.24, 2.45) is 0 Å². The third-order valence-electron chi connectivity index (χ3n) is 3.10. The monoisotopic (exact) mass is 352 g/mol. The van der Waals surface area contributed by atoms with Crippen LogP contribution in [-0.2, 0) is 31.4 Å². The summed E-state index contributed by atoms with van der Waals surface area (Å²) in [6, 6.07) is 18.4. The van der Waals surface area contributed by atoms with Gasteiger partial charge in [-0.2, -0.15) is 0 Å². The van der Waals surface area contributed by atoms with Crippen LogP contribution >= 0.6 is 7.82 Å². The molecule has 2 aromatic carbocycles. The van der Waals surface area contributed by atoms with E-state index in [4.69, 9.17) is 18.7 Å². The van der Waals surface area contributed by atoms with Gasteiger partial charge in [0.05, 0.1) is 26.4 Å². The molecule has 0 saturated carbocycles. The molecule has 130 valence electrons. The topological polar surface area (TPSA) is 85.2 Å². The first-order chi connectivity index (χ1) is 11.6. The summed E-state index contributed by atoms with van der Waals surface area (Å²) in [6.07, 6.45) is -1.15. The predicted octanol–water partition coefficient (Wildman–Crippen LogP) is 2.90. The van der Waals surface area contributed by atoms with Gasteiger partial charge < -0.3 is 10.2 Å². The summed E-state index contributed by atoms with van der Waals surface area (Å²) < 4.78 is 28.5. The van der Waals surface area contributed by atoms with E-state index >= 15 is 0 Å². The first-order valence-corrected chi connectivity index (χ1v) is 8.98. The quantitative estimate of drug-likeness (QED) is 0.640. The summed E-state index contributed by atoms with van der Waals surface area (Å²) in [7, 11) is -3.89. The highest BCUT2D eigenvalue weighted by atomic mass is 31.2. The van der Waals surface area contributed by atoms with Crippen LogP contribution in [-0.4, -0.2) is 29.5 Å². The summed E-state index contributed by atoms with van der Waals surface area (Å²) in [6.45, 7) is -0.765. The Morgan fingerprint density at radius 3 is 1.71 bits per heavy atom. The lowest BCUT2D eigenvalue weighted by atomic mass is 10.2. The van der Waals surface area contributed by atoms with Gasteiger partial charge in [0.15, 0.2) is 0 Å². The molecule has 0 heterocycles. The molecule has 0 aliphatic rings. The van der Waals surface area contributed by atoms with Gasteiger partial charge in [0.2, 0.25) is 0 Å². The van der Waals surface area contributed by atoms with Gasteiger partial charge in [-0.05, 0) is 11.1 Å². The van der Waals surface area contributed by atoms with E-state index in [9.17, 15) is 9.67 Å². The number of aliphatic hydroxyl groups is 2. The van der Waals surface area contributed by atoms with Crippen molar-refractivity contribution in [3.63, 3.8) is 0 Å². The highest BCUT2D eigenvalue weighted by Gasteiger charge is 2.28. The Labute approximate surface area is 141 Å². The van der Waals surface area contributed by atoms with Crippen molar-refractivity contribution in [3.8, 4) is 0 Å². The number of aliphatic hydroxyl groups excluding tert-OH is 2. The second-order valence-corrected chi connectivity index (χ2v) is 6.77. The fourth-order valence-corrected chi connectivity index (χ4v) is 2.99. The van der Waals surface area contributed by atoms with E-state index in [1.165, 1.54) is 0 Å². The van der Waals surface area contributed by atoms with Gasteiger partial charge in [-0.25, -0.2) is 4.57 Å². The lowest BCUT2D eigenvalue weighted by Crippen LogP contribution is -2.19. The van der Waals surface area contributed by atoms with Crippen molar-refractivity contribution in [1.82, 2.24) is 0 Å². The minimum atomic E-state index is -3.89.